The number of aromatic nitrogens is 2. The van der Waals surface area contributed by atoms with Crippen molar-refractivity contribution in [2.75, 3.05) is 7.11 Å². The maximum absolute atomic E-state index is 12.5. The van der Waals surface area contributed by atoms with Crippen LogP contribution < -0.4 is 10.1 Å². The zero-order chi connectivity index (χ0) is 15.5. The minimum absolute atomic E-state index is 0.140. The van der Waals surface area contributed by atoms with Gasteiger partial charge in [-0.3, -0.25) is 9.20 Å². The minimum Gasteiger partial charge on any atom is -0.497 e. The molecule has 0 aliphatic heterocycles. The molecule has 0 atom stereocenters. The number of pyridine rings is 1. The second kappa shape index (κ2) is 5.89. The van der Waals surface area contributed by atoms with E-state index in [4.69, 9.17) is 4.74 Å². The van der Waals surface area contributed by atoms with E-state index in [2.05, 4.69) is 10.3 Å². The maximum Gasteiger partial charge on any atom is 0.270 e. The number of amides is 1. The minimum atomic E-state index is -0.140. The molecule has 0 fully saturated rings. The number of nitrogens with one attached hydrogen (secondary N) is 1. The smallest absolute Gasteiger partial charge is 0.270 e. The fourth-order valence-electron chi connectivity index (χ4n) is 2.44. The van der Waals surface area contributed by atoms with E-state index in [0.29, 0.717) is 17.9 Å². The molecule has 0 saturated heterocycles. The molecule has 112 valence electrons. The van der Waals surface area contributed by atoms with Crippen LogP contribution in [0.3, 0.4) is 0 Å². The van der Waals surface area contributed by atoms with Crippen molar-refractivity contribution in [3.8, 4) is 5.75 Å². The first-order valence-corrected chi connectivity index (χ1v) is 7.04. The molecule has 0 radical (unpaired) electrons. The number of aryl methyl sites for hydroxylation is 1. The molecule has 1 amide bonds. The summed E-state index contributed by atoms with van der Waals surface area (Å²) in [5, 5.41) is 2.93. The third-order valence-corrected chi connectivity index (χ3v) is 3.51. The van der Waals surface area contributed by atoms with E-state index in [-0.39, 0.29) is 5.91 Å². The second-order valence-electron chi connectivity index (χ2n) is 5.01. The zero-order valence-corrected chi connectivity index (χ0v) is 12.5. The Balaban J connectivity index is 1.80. The Morgan fingerprint density at radius 3 is 2.95 bits per heavy atom. The molecule has 3 rings (SSSR count). The van der Waals surface area contributed by atoms with E-state index in [1.165, 1.54) is 0 Å². The van der Waals surface area contributed by atoms with Crippen LogP contribution in [-0.2, 0) is 6.54 Å². The van der Waals surface area contributed by atoms with E-state index >= 15 is 0 Å². The standard InChI is InChI=1S/C17H17N3O2/c1-12-16(20-9-4-3-8-15(20)19-12)17(21)18-11-13-6-5-7-14(10-13)22-2/h3-10H,11H2,1-2H3,(H,18,21). The predicted molar refractivity (Wildman–Crippen MR) is 84.1 cm³/mol. The molecule has 2 heterocycles. The lowest BCUT2D eigenvalue weighted by molar-refractivity contribution is 0.0944. The summed E-state index contributed by atoms with van der Waals surface area (Å²) in [6, 6.07) is 13.3. The number of fused-ring (bicyclic) bond motifs is 1. The van der Waals surface area contributed by atoms with Crippen LogP contribution in [0.4, 0.5) is 0 Å². The highest BCUT2D eigenvalue weighted by Gasteiger charge is 2.15. The van der Waals surface area contributed by atoms with Gasteiger partial charge >= 0.3 is 0 Å². The van der Waals surface area contributed by atoms with Crippen LogP contribution in [0.15, 0.2) is 48.7 Å². The molecule has 0 aliphatic carbocycles. The Morgan fingerprint density at radius 2 is 2.14 bits per heavy atom. The van der Waals surface area contributed by atoms with Gasteiger partial charge in [-0.1, -0.05) is 18.2 Å². The van der Waals surface area contributed by atoms with Crippen LogP contribution >= 0.6 is 0 Å². The molecule has 0 spiro atoms. The van der Waals surface area contributed by atoms with Gasteiger partial charge in [0.15, 0.2) is 0 Å². The molecule has 1 N–H and O–H groups in total. The quantitative estimate of drug-likeness (QED) is 0.805. The highest BCUT2D eigenvalue weighted by Crippen LogP contribution is 2.14. The number of hydrogen-bond donors (Lipinski definition) is 1. The third kappa shape index (κ3) is 2.65. The van der Waals surface area contributed by atoms with Gasteiger partial charge in [0.1, 0.15) is 17.1 Å². The van der Waals surface area contributed by atoms with Crippen molar-refractivity contribution in [2.45, 2.75) is 13.5 Å². The summed E-state index contributed by atoms with van der Waals surface area (Å²) in [4.78, 5) is 16.9. The highest BCUT2D eigenvalue weighted by molar-refractivity contribution is 5.94. The average molecular weight is 295 g/mol. The average Bonchev–Trinajstić information content (AvgIpc) is 2.88. The molecular weight excluding hydrogens is 278 g/mol. The Labute approximate surface area is 128 Å². The van der Waals surface area contributed by atoms with Crippen LogP contribution in [0, 0.1) is 6.92 Å². The van der Waals surface area contributed by atoms with Gasteiger partial charge in [-0.2, -0.15) is 0 Å². The van der Waals surface area contributed by atoms with Crippen LogP contribution in [0.5, 0.6) is 5.75 Å². The first-order valence-electron chi connectivity index (χ1n) is 7.04. The van der Waals surface area contributed by atoms with Crippen LogP contribution in [-0.4, -0.2) is 22.4 Å². The number of nitrogens with zero attached hydrogens (tertiary/aromatic N) is 2. The van der Waals surface area contributed by atoms with Crippen molar-refractivity contribution in [2.24, 2.45) is 0 Å². The molecule has 0 bridgehead atoms. The molecule has 5 nitrogen and oxygen atoms in total. The van der Waals surface area contributed by atoms with Gasteiger partial charge in [0, 0.05) is 12.7 Å². The Hall–Kier alpha value is -2.82. The molecule has 22 heavy (non-hydrogen) atoms. The Morgan fingerprint density at radius 1 is 1.27 bits per heavy atom. The van der Waals surface area contributed by atoms with E-state index in [1.54, 1.807) is 11.5 Å². The fourth-order valence-corrected chi connectivity index (χ4v) is 2.44. The molecule has 5 heteroatoms. The third-order valence-electron chi connectivity index (χ3n) is 3.51. The van der Waals surface area contributed by atoms with Gasteiger partial charge in [-0.05, 0) is 36.8 Å². The summed E-state index contributed by atoms with van der Waals surface area (Å²) in [6.07, 6.45) is 1.84. The molecule has 2 aromatic heterocycles. The van der Waals surface area contributed by atoms with E-state index in [9.17, 15) is 4.79 Å². The number of methoxy groups -OCH3 is 1. The van der Waals surface area contributed by atoms with E-state index in [0.717, 1.165) is 17.0 Å². The number of imidazole rings is 1. The normalized spacial score (nSPS) is 10.6. The SMILES string of the molecule is COc1cccc(CNC(=O)c2c(C)nc3ccccn23)c1. The summed E-state index contributed by atoms with van der Waals surface area (Å²) in [5.41, 5.74) is 3.04. The van der Waals surface area contributed by atoms with E-state index in [1.807, 2.05) is 55.6 Å². The number of carbonyl (C=O) groups is 1. The van der Waals surface area contributed by atoms with Crippen LogP contribution in [0.25, 0.3) is 5.65 Å². The first-order chi connectivity index (χ1) is 10.7. The summed E-state index contributed by atoms with van der Waals surface area (Å²) in [5.74, 6) is 0.636. The van der Waals surface area contributed by atoms with E-state index < -0.39 is 0 Å². The van der Waals surface area contributed by atoms with Crippen molar-refractivity contribution in [3.05, 3.63) is 65.6 Å². The number of rotatable bonds is 4. The summed E-state index contributed by atoms with van der Waals surface area (Å²) < 4.78 is 6.99. The van der Waals surface area contributed by atoms with Gasteiger partial charge < -0.3 is 10.1 Å². The number of benzene rings is 1. The van der Waals surface area contributed by atoms with Gasteiger partial charge in [-0.25, -0.2) is 4.98 Å². The lowest BCUT2D eigenvalue weighted by Crippen LogP contribution is -2.24. The Kier molecular flexibility index (Phi) is 3.78. The van der Waals surface area contributed by atoms with Crippen molar-refractivity contribution in [1.29, 1.82) is 0 Å². The first kappa shape index (κ1) is 14.1. The van der Waals surface area contributed by atoms with Crippen molar-refractivity contribution >= 4 is 11.6 Å². The summed E-state index contributed by atoms with van der Waals surface area (Å²) in [7, 11) is 1.62. The predicted octanol–water partition coefficient (Wildman–Crippen LogP) is 2.58. The van der Waals surface area contributed by atoms with Crippen molar-refractivity contribution < 1.29 is 9.53 Å². The largest absolute Gasteiger partial charge is 0.497 e. The summed E-state index contributed by atoms with van der Waals surface area (Å²) in [6.45, 7) is 2.28. The fraction of sp³-hybridized carbons (Fsp3) is 0.176. The zero-order valence-electron chi connectivity index (χ0n) is 12.5. The molecule has 0 unspecified atom stereocenters. The molecular formula is C17H17N3O2. The Bertz CT molecular complexity index is 824. The highest BCUT2D eigenvalue weighted by atomic mass is 16.5. The molecule has 3 aromatic rings. The number of hydrogen-bond acceptors (Lipinski definition) is 3. The van der Waals surface area contributed by atoms with Gasteiger partial charge in [0.2, 0.25) is 0 Å². The van der Waals surface area contributed by atoms with Crippen molar-refractivity contribution in [3.63, 3.8) is 0 Å². The number of carbonyl (C=O) groups excluding carboxylic acids is 1. The summed E-state index contributed by atoms with van der Waals surface area (Å²) >= 11 is 0. The topological polar surface area (TPSA) is 55.6 Å². The van der Waals surface area contributed by atoms with Gasteiger partial charge in [-0.15, -0.1) is 0 Å². The second-order valence-corrected chi connectivity index (χ2v) is 5.01. The lowest BCUT2D eigenvalue weighted by Gasteiger charge is -2.07. The maximum atomic E-state index is 12.5. The van der Waals surface area contributed by atoms with Gasteiger partial charge in [0.05, 0.1) is 12.8 Å². The van der Waals surface area contributed by atoms with Crippen molar-refractivity contribution in [1.82, 2.24) is 14.7 Å². The molecule has 0 saturated carbocycles. The lowest BCUT2D eigenvalue weighted by atomic mass is 10.2. The van der Waals surface area contributed by atoms with Crippen LogP contribution in [0.2, 0.25) is 0 Å². The van der Waals surface area contributed by atoms with Crippen LogP contribution in [0.1, 0.15) is 21.7 Å². The molecule has 0 aliphatic rings. The number of ether oxygens (including phenoxy) is 1. The monoisotopic (exact) mass is 295 g/mol. The molecule has 1 aromatic carbocycles. The van der Waals surface area contributed by atoms with Gasteiger partial charge in [0.25, 0.3) is 5.91 Å².